The molecule has 1 aromatic heterocycles. The topological polar surface area (TPSA) is 109 Å². The van der Waals surface area contributed by atoms with Crippen molar-refractivity contribution in [2.45, 2.75) is 18.9 Å². The molecule has 0 aliphatic heterocycles. The van der Waals surface area contributed by atoms with Crippen molar-refractivity contribution in [3.8, 4) is 6.07 Å². The molecule has 1 atom stereocenters. The molecule has 0 amide bonds. The highest BCUT2D eigenvalue weighted by molar-refractivity contribution is 5.51. The smallest absolute Gasteiger partial charge is 0.305 e. The van der Waals surface area contributed by atoms with E-state index >= 15 is 0 Å². The number of nitriles is 1. The van der Waals surface area contributed by atoms with E-state index in [4.69, 9.17) is 11.0 Å². The van der Waals surface area contributed by atoms with Gasteiger partial charge < -0.3 is 10.6 Å². The first-order chi connectivity index (χ1) is 9.08. The Morgan fingerprint density at radius 2 is 2.37 bits per heavy atom. The van der Waals surface area contributed by atoms with Gasteiger partial charge in [0.25, 0.3) is 0 Å². The molecule has 1 unspecified atom stereocenters. The molecule has 2 rings (SSSR count). The van der Waals surface area contributed by atoms with E-state index in [2.05, 4.69) is 4.98 Å². The van der Waals surface area contributed by atoms with Gasteiger partial charge in [-0.2, -0.15) is 5.26 Å². The summed E-state index contributed by atoms with van der Waals surface area (Å²) >= 11 is 0. The zero-order valence-electron chi connectivity index (χ0n) is 10.6. The van der Waals surface area contributed by atoms with Gasteiger partial charge in [-0.3, -0.25) is 10.1 Å². The van der Waals surface area contributed by atoms with Crippen LogP contribution < -0.4 is 10.6 Å². The molecule has 1 aromatic rings. The van der Waals surface area contributed by atoms with Crippen molar-refractivity contribution < 1.29 is 4.92 Å². The first-order valence-electron chi connectivity index (χ1n) is 6.07. The Morgan fingerprint density at radius 1 is 1.68 bits per heavy atom. The van der Waals surface area contributed by atoms with Crippen LogP contribution in [0.4, 0.5) is 11.5 Å². The third-order valence-corrected chi connectivity index (χ3v) is 3.43. The van der Waals surface area contributed by atoms with E-state index in [0.29, 0.717) is 18.3 Å². The highest BCUT2D eigenvalue weighted by Gasteiger charge is 2.33. The van der Waals surface area contributed by atoms with E-state index in [9.17, 15) is 10.1 Å². The Bertz CT molecular complexity index is 535. The minimum absolute atomic E-state index is 0.166. The Kier molecular flexibility index (Phi) is 3.62. The Labute approximate surface area is 110 Å². The molecule has 100 valence electrons. The van der Waals surface area contributed by atoms with Crippen LogP contribution in [0.25, 0.3) is 0 Å². The van der Waals surface area contributed by atoms with Crippen molar-refractivity contribution in [2.24, 2.45) is 11.7 Å². The van der Waals surface area contributed by atoms with Crippen LogP contribution in [0.15, 0.2) is 12.1 Å². The van der Waals surface area contributed by atoms with Crippen molar-refractivity contribution >= 4 is 11.5 Å². The molecule has 1 saturated carbocycles. The van der Waals surface area contributed by atoms with E-state index in [1.54, 1.807) is 12.1 Å². The molecule has 0 saturated heterocycles. The summed E-state index contributed by atoms with van der Waals surface area (Å²) in [5.41, 5.74) is 5.32. The van der Waals surface area contributed by atoms with Gasteiger partial charge >= 0.3 is 5.69 Å². The number of nitro groups is 1. The summed E-state index contributed by atoms with van der Waals surface area (Å²) in [6.07, 6.45) is 2.29. The van der Waals surface area contributed by atoms with Gasteiger partial charge in [0.15, 0.2) is 0 Å². The van der Waals surface area contributed by atoms with E-state index in [0.717, 1.165) is 12.8 Å². The molecule has 2 N–H and O–H groups in total. The first kappa shape index (κ1) is 13.2. The third kappa shape index (κ3) is 2.63. The molecule has 0 spiro atoms. The fraction of sp³-hybridized carbons (Fsp3) is 0.500. The number of aromatic nitrogens is 1. The first-order valence-corrected chi connectivity index (χ1v) is 6.07. The quantitative estimate of drug-likeness (QED) is 0.626. The van der Waals surface area contributed by atoms with Crippen LogP contribution in [0.3, 0.4) is 0 Å². The number of likely N-dealkylation sites (N-methyl/N-ethyl adjacent to an activating group) is 1. The summed E-state index contributed by atoms with van der Waals surface area (Å²) in [6.45, 7) is 0.502. The standard InChI is InChI=1S/C12H15N5O2/c1-16(11(7-14)8-2-3-8)12-5-4-10(17(18)19)9(6-13)15-12/h4-5,8,11H,2-3,7,14H2,1H3. The monoisotopic (exact) mass is 261 g/mol. The third-order valence-electron chi connectivity index (χ3n) is 3.43. The predicted octanol–water partition coefficient (Wildman–Crippen LogP) is 1.03. The number of rotatable bonds is 5. The van der Waals surface area contributed by atoms with Gasteiger partial charge in [-0.05, 0) is 24.8 Å². The highest BCUT2D eigenvalue weighted by Crippen LogP contribution is 2.36. The molecule has 0 radical (unpaired) electrons. The molecule has 0 aromatic carbocycles. The molecule has 1 aliphatic rings. The summed E-state index contributed by atoms with van der Waals surface area (Å²) in [5, 5.41) is 19.7. The van der Waals surface area contributed by atoms with Crippen LogP contribution in [-0.4, -0.2) is 29.5 Å². The van der Waals surface area contributed by atoms with Crippen LogP contribution in [0.5, 0.6) is 0 Å². The van der Waals surface area contributed by atoms with Gasteiger partial charge in [-0.15, -0.1) is 0 Å². The number of anilines is 1. The van der Waals surface area contributed by atoms with Gasteiger partial charge in [0, 0.05) is 25.7 Å². The SMILES string of the molecule is CN(c1ccc([N+](=O)[O-])c(C#N)n1)C(CN)C1CC1. The van der Waals surface area contributed by atoms with Gasteiger partial charge in [0.2, 0.25) is 5.69 Å². The number of pyridine rings is 1. The van der Waals surface area contributed by atoms with E-state index in [-0.39, 0.29) is 17.4 Å². The Balaban J connectivity index is 2.30. The second kappa shape index (κ2) is 5.20. The summed E-state index contributed by atoms with van der Waals surface area (Å²) in [7, 11) is 1.85. The van der Waals surface area contributed by atoms with Gasteiger partial charge in [0.05, 0.1) is 4.92 Å². The lowest BCUT2D eigenvalue weighted by Crippen LogP contribution is -2.40. The molecule has 1 fully saturated rings. The highest BCUT2D eigenvalue weighted by atomic mass is 16.6. The normalized spacial score (nSPS) is 15.6. The van der Waals surface area contributed by atoms with Crippen LogP contribution in [0, 0.1) is 27.4 Å². The lowest BCUT2D eigenvalue weighted by atomic mass is 10.1. The summed E-state index contributed by atoms with van der Waals surface area (Å²) in [4.78, 5) is 16.1. The molecular weight excluding hydrogens is 246 g/mol. The molecular formula is C12H15N5O2. The fourth-order valence-electron chi connectivity index (χ4n) is 2.19. The maximum Gasteiger partial charge on any atom is 0.305 e. The van der Waals surface area contributed by atoms with Crippen molar-refractivity contribution in [1.82, 2.24) is 4.98 Å². The molecule has 7 heteroatoms. The summed E-state index contributed by atoms with van der Waals surface area (Å²) in [5.74, 6) is 1.10. The van der Waals surface area contributed by atoms with Crippen LogP contribution in [-0.2, 0) is 0 Å². The predicted molar refractivity (Wildman–Crippen MR) is 69.6 cm³/mol. The van der Waals surface area contributed by atoms with Crippen molar-refractivity contribution in [3.63, 3.8) is 0 Å². The summed E-state index contributed by atoms with van der Waals surface area (Å²) < 4.78 is 0. The molecule has 19 heavy (non-hydrogen) atoms. The van der Waals surface area contributed by atoms with Gasteiger partial charge in [-0.25, -0.2) is 4.98 Å². The van der Waals surface area contributed by atoms with Crippen molar-refractivity contribution in [3.05, 3.63) is 27.9 Å². The van der Waals surface area contributed by atoms with Crippen molar-refractivity contribution in [2.75, 3.05) is 18.5 Å². The second-order valence-electron chi connectivity index (χ2n) is 4.66. The molecule has 1 aliphatic carbocycles. The minimum Gasteiger partial charge on any atom is -0.355 e. The second-order valence-corrected chi connectivity index (χ2v) is 4.66. The lowest BCUT2D eigenvalue weighted by molar-refractivity contribution is -0.385. The van der Waals surface area contributed by atoms with Crippen molar-refractivity contribution in [1.29, 1.82) is 5.26 Å². The molecule has 1 heterocycles. The summed E-state index contributed by atoms with van der Waals surface area (Å²) in [6, 6.07) is 4.81. The van der Waals surface area contributed by atoms with Crippen LogP contribution in [0.2, 0.25) is 0 Å². The number of hydrogen-bond donors (Lipinski definition) is 1. The average Bonchev–Trinajstić information content (AvgIpc) is 3.23. The van der Waals surface area contributed by atoms with E-state index in [1.807, 2.05) is 11.9 Å². The van der Waals surface area contributed by atoms with Gasteiger partial charge in [0.1, 0.15) is 11.9 Å². The maximum atomic E-state index is 10.8. The Hall–Kier alpha value is -2.20. The largest absolute Gasteiger partial charge is 0.355 e. The molecule has 7 nitrogen and oxygen atoms in total. The van der Waals surface area contributed by atoms with Crippen LogP contribution >= 0.6 is 0 Å². The van der Waals surface area contributed by atoms with E-state index in [1.165, 1.54) is 6.07 Å². The fourth-order valence-corrected chi connectivity index (χ4v) is 2.19. The van der Waals surface area contributed by atoms with Gasteiger partial charge in [-0.1, -0.05) is 0 Å². The molecule has 0 bridgehead atoms. The average molecular weight is 261 g/mol. The maximum absolute atomic E-state index is 10.8. The number of hydrogen-bond acceptors (Lipinski definition) is 6. The minimum atomic E-state index is -0.601. The van der Waals surface area contributed by atoms with E-state index < -0.39 is 4.92 Å². The number of nitrogens with zero attached hydrogens (tertiary/aromatic N) is 4. The lowest BCUT2D eigenvalue weighted by Gasteiger charge is -2.28. The Morgan fingerprint density at radius 3 is 2.84 bits per heavy atom. The number of nitrogens with two attached hydrogens (primary N) is 1. The zero-order chi connectivity index (χ0) is 14.0. The zero-order valence-corrected chi connectivity index (χ0v) is 10.6. The van der Waals surface area contributed by atoms with Crippen LogP contribution in [0.1, 0.15) is 18.5 Å².